The van der Waals surface area contributed by atoms with Gasteiger partial charge in [-0.05, 0) is 0 Å². The van der Waals surface area contributed by atoms with Gasteiger partial charge in [-0.2, -0.15) is 5.10 Å². The largest absolute Gasteiger partial charge is 0.393 e. The highest BCUT2D eigenvalue weighted by atomic mass is 32.1. The Hall–Kier alpha value is -0.980. The van der Waals surface area contributed by atoms with Crippen LogP contribution in [0.1, 0.15) is 12.0 Å². The van der Waals surface area contributed by atoms with Gasteiger partial charge in [0.15, 0.2) is 0 Å². The Balaban J connectivity index is 2.47. The van der Waals surface area contributed by atoms with E-state index in [1.54, 1.807) is 11.8 Å². The fourth-order valence-corrected chi connectivity index (χ4v) is 1.66. The van der Waals surface area contributed by atoms with Crippen LogP contribution in [0, 0.1) is 0 Å². The molecule has 1 rings (SSSR count). The normalized spacial score (nSPS) is 11.0. The third kappa shape index (κ3) is 5.76. The van der Waals surface area contributed by atoms with E-state index in [-0.39, 0.29) is 0 Å². The molecule has 0 fully saturated rings. The summed E-state index contributed by atoms with van der Waals surface area (Å²) < 4.78 is 6.90. The Morgan fingerprint density at radius 1 is 1.59 bits per heavy atom. The van der Waals surface area contributed by atoms with E-state index in [1.807, 2.05) is 19.4 Å². The number of hydrogen-bond acceptors (Lipinski definition) is 4. The number of aryl methyl sites for hydroxylation is 1. The number of aromatic nitrogens is 2. The molecule has 0 aliphatic heterocycles. The molecule has 0 aromatic carbocycles. The summed E-state index contributed by atoms with van der Waals surface area (Å²) >= 11 is 4.90. The number of nitrogens with zero attached hydrogens (tertiary/aromatic N) is 3. The molecule has 0 radical (unpaired) electrons. The maximum Gasteiger partial charge on any atom is 0.0740 e. The van der Waals surface area contributed by atoms with Gasteiger partial charge in [0.2, 0.25) is 0 Å². The molecule has 96 valence electrons. The first kappa shape index (κ1) is 14.1. The second-order valence-electron chi connectivity index (χ2n) is 4.01. The van der Waals surface area contributed by atoms with Crippen LogP contribution in [-0.2, 0) is 18.3 Å². The van der Waals surface area contributed by atoms with Crippen molar-refractivity contribution in [3.8, 4) is 0 Å². The van der Waals surface area contributed by atoms with Crippen LogP contribution >= 0.6 is 12.2 Å². The van der Waals surface area contributed by atoms with E-state index in [0.717, 1.165) is 26.1 Å². The maximum absolute atomic E-state index is 5.52. The van der Waals surface area contributed by atoms with Crippen molar-refractivity contribution in [2.24, 2.45) is 12.8 Å². The molecule has 0 amide bonds. The molecule has 2 N–H and O–H groups in total. The molecule has 0 saturated heterocycles. The molecule has 1 aromatic heterocycles. The minimum absolute atomic E-state index is 0.554. The quantitative estimate of drug-likeness (QED) is 0.688. The smallest absolute Gasteiger partial charge is 0.0740 e. The predicted molar refractivity (Wildman–Crippen MR) is 71.8 cm³/mol. The summed E-state index contributed by atoms with van der Waals surface area (Å²) in [6.45, 7) is 3.28. The monoisotopic (exact) mass is 256 g/mol. The number of ether oxygens (including phenoxy) is 1. The van der Waals surface area contributed by atoms with E-state index in [4.69, 9.17) is 22.7 Å². The van der Waals surface area contributed by atoms with E-state index in [0.29, 0.717) is 11.6 Å². The number of nitrogens with two attached hydrogens (primary N) is 1. The van der Waals surface area contributed by atoms with E-state index in [1.165, 1.54) is 5.56 Å². The van der Waals surface area contributed by atoms with Crippen LogP contribution in [0.3, 0.4) is 0 Å². The number of methoxy groups -OCH3 is 1. The summed E-state index contributed by atoms with van der Waals surface area (Å²) in [5.41, 5.74) is 6.71. The van der Waals surface area contributed by atoms with E-state index in [9.17, 15) is 0 Å². The summed E-state index contributed by atoms with van der Waals surface area (Å²) in [4.78, 5) is 2.82. The standard InChI is InChI=1S/C11H20N4OS/c1-14-8-10(7-13-14)9-15(5-6-16-2)4-3-11(12)17/h7-8H,3-6,9H2,1-2H3,(H2,12,17). The minimum atomic E-state index is 0.554. The van der Waals surface area contributed by atoms with Crippen molar-refractivity contribution in [1.82, 2.24) is 14.7 Å². The highest BCUT2D eigenvalue weighted by Gasteiger charge is 2.07. The van der Waals surface area contributed by atoms with Crippen molar-refractivity contribution in [3.63, 3.8) is 0 Å². The lowest BCUT2D eigenvalue weighted by atomic mass is 10.3. The molecule has 0 bridgehead atoms. The van der Waals surface area contributed by atoms with Crippen LogP contribution in [0.2, 0.25) is 0 Å². The van der Waals surface area contributed by atoms with E-state index >= 15 is 0 Å². The van der Waals surface area contributed by atoms with Gasteiger partial charge in [-0.15, -0.1) is 0 Å². The summed E-state index contributed by atoms with van der Waals surface area (Å²) in [6, 6.07) is 0. The molecule has 0 aliphatic carbocycles. The van der Waals surface area contributed by atoms with Crippen molar-refractivity contribution in [2.45, 2.75) is 13.0 Å². The zero-order valence-corrected chi connectivity index (χ0v) is 11.2. The first-order valence-electron chi connectivity index (χ1n) is 5.59. The Morgan fingerprint density at radius 3 is 2.88 bits per heavy atom. The van der Waals surface area contributed by atoms with Crippen LogP contribution in [-0.4, -0.2) is 46.5 Å². The van der Waals surface area contributed by atoms with Crippen molar-refractivity contribution in [1.29, 1.82) is 0 Å². The third-order valence-corrected chi connectivity index (χ3v) is 2.65. The predicted octanol–water partition coefficient (Wildman–Crippen LogP) is 0.545. The molecule has 0 saturated carbocycles. The summed E-state index contributed by atoms with van der Waals surface area (Å²) in [5.74, 6) is 0. The Morgan fingerprint density at radius 2 is 2.35 bits per heavy atom. The second kappa shape index (κ2) is 7.37. The zero-order chi connectivity index (χ0) is 12.7. The lowest BCUT2D eigenvalue weighted by Crippen LogP contribution is -2.30. The van der Waals surface area contributed by atoms with Crippen LogP contribution in [0.15, 0.2) is 12.4 Å². The Kier molecular flexibility index (Phi) is 6.10. The zero-order valence-electron chi connectivity index (χ0n) is 10.4. The third-order valence-electron chi connectivity index (χ3n) is 2.45. The molecule has 17 heavy (non-hydrogen) atoms. The molecular formula is C11H20N4OS. The average Bonchev–Trinajstić information content (AvgIpc) is 2.68. The lowest BCUT2D eigenvalue weighted by Gasteiger charge is -2.20. The molecule has 0 atom stereocenters. The van der Waals surface area contributed by atoms with Gasteiger partial charge in [0.05, 0.1) is 17.8 Å². The minimum Gasteiger partial charge on any atom is -0.393 e. The fourth-order valence-electron chi connectivity index (χ4n) is 1.57. The van der Waals surface area contributed by atoms with Crippen molar-refractivity contribution >= 4 is 17.2 Å². The van der Waals surface area contributed by atoms with Crippen LogP contribution < -0.4 is 5.73 Å². The lowest BCUT2D eigenvalue weighted by molar-refractivity contribution is 0.146. The van der Waals surface area contributed by atoms with E-state index in [2.05, 4.69) is 10.00 Å². The second-order valence-corrected chi connectivity index (χ2v) is 4.53. The molecule has 0 aliphatic rings. The topological polar surface area (TPSA) is 56.3 Å². The highest BCUT2D eigenvalue weighted by molar-refractivity contribution is 7.80. The van der Waals surface area contributed by atoms with Gasteiger partial charge in [-0.25, -0.2) is 0 Å². The average molecular weight is 256 g/mol. The number of hydrogen-bond donors (Lipinski definition) is 1. The Bertz CT molecular complexity index is 353. The highest BCUT2D eigenvalue weighted by Crippen LogP contribution is 2.04. The van der Waals surface area contributed by atoms with Crippen molar-refractivity contribution in [3.05, 3.63) is 18.0 Å². The van der Waals surface area contributed by atoms with Gasteiger partial charge in [0, 0.05) is 52.0 Å². The molecule has 1 aromatic rings. The summed E-state index contributed by atoms with van der Waals surface area (Å²) in [6.07, 6.45) is 4.63. The first-order chi connectivity index (χ1) is 8.11. The molecule has 5 nitrogen and oxygen atoms in total. The van der Waals surface area contributed by atoms with Gasteiger partial charge in [-0.1, -0.05) is 12.2 Å². The van der Waals surface area contributed by atoms with Gasteiger partial charge in [0.1, 0.15) is 0 Å². The van der Waals surface area contributed by atoms with Gasteiger partial charge in [0.25, 0.3) is 0 Å². The van der Waals surface area contributed by atoms with Crippen LogP contribution in [0.25, 0.3) is 0 Å². The molecule has 0 unspecified atom stereocenters. The Labute approximate surface area is 108 Å². The molecular weight excluding hydrogens is 236 g/mol. The van der Waals surface area contributed by atoms with Gasteiger partial charge in [-0.3, -0.25) is 9.58 Å². The summed E-state index contributed by atoms with van der Waals surface area (Å²) in [7, 11) is 3.62. The molecule has 6 heteroatoms. The van der Waals surface area contributed by atoms with Gasteiger partial charge >= 0.3 is 0 Å². The van der Waals surface area contributed by atoms with Crippen LogP contribution in [0.4, 0.5) is 0 Å². The first-order valence-corrected chi connectivity index (χ1v) is 5.99. The number of thiocarbonyl (C=S) groups is 1. The SMILES string of the molecule is COCCN(CCC(N)=S)Cc1cnn(C)c1. The van der Waals surface area contributed by atoms with Crippen molar-refractivity contribution in [2.75, 3.05) is 26.8 Å². The van der Waals surface area contributed by atoms with Crippen LogP contribution in [0.5, 0.6) is 0 Å². The fraction of sp³-hybridized carbons (Fsp3) is 0.636. The summed E-state index contributed by atoms with van der Waals surface area (Å²) in [5, 5.41) is 4.15. The maximum atomic E-state index is 5.52. The van der Waals surface area contributed by atoms with E-state index < -0.39 is 0 Å². The molecule has 0 spiro atoms. The molecule has 1 heterocycles. The van der Waals surface area contributed by atoms with Gasteiger partial charge < -0.3 is 10.5 Å². The van der Waals surface area contributed by atoms with Crippen molar-refractivity contribution < 1.29 is 4.74 Å². The number of rotatable bonds is 8.